The topological polar surface area (TPSA) is 56.1 Å². The van der Waals surface area contributed by atoms with E-state index in [-0.39, 0.29) is 5.91 Å². The first kappa shape index (κ1) is 20.0. The summed E-state index contributed by atoms with van der Waals surface area (Å²) in [6.45, 7) is 0. The number of carbonyl (C=O) groups excluding carboxylic acids is 1. The van der Waals surface area contributed by atoms with Crippen LogP contribution in [0.2, 0.25) is 0 Å². The molecule has 0 radical (unpaired) electrons. The highest BCUT2D eigenvalue weighted by atomic mass is 16.4. The smallest absolute Gasteiger partial charge is 0.259 e. The van der Waals surface area contributed by atoms with Crippen molar-refractivity contribution in [2.24, 2.45) is 0 Å². The molecule has 0 aliphatic rings. The lowest BCUT2D eigenvalue weighted by molar-refractivity contribution is 0.102. The summed E-state index contributed by atoms with van der Waals surface area (Å²) >= 11 is 0. The zero-order valence-electron chi connectivity index (χ0n) is 16.4. The Morgan fingerprint density at radius 3 is 1.93 bits per heavy atom. The predicted molar refractivity (Wildman–Crippen MR) is 116 cm³/mol. The Morgan fingerprint density at radius 2 is 1.34 bits per heavy atom. The van der Waals surface area contributed by atoms with Gasteiger partial charge >= 0.3 is 0 Å². The summed E-state index contributed by atoms with van der Waals surface area (Å²) < 4.78 is 5.99. The molecule has 146 valence electrons. The molecule has 1 aromatic heterocycles. The second-order valence-corrected chi connectivity index (χ2v) is 6.27. The molecule has 4 rings (SSSR count). The molecule has 0 unspecified atom stereocenters. The number of hydrogen-bond acceptors (Lipinski definition) is 3. The highest BCUT2D eigenvalue weighted by Crippen LogP contribution is 2.24. The predicted octanol–water partition coefficient (Wildman–Crippen LogP) is 5.05. The number of nitrogens with zero attached hydrogens (tertiary/aromatic N) is 2. The molecule has 1 heterocycles. The van der Waals surface area contributed by atoms with Crippen molar-refractivity contribution < 1.29 is 9.53 Å². The van der Waals surface area contributed by atoms with Crippen LogP contribution in [-0.4, -0.2) is 29.9 Å². The molecular formula is C24H23N3O2. The molecule has 0 atom stereocenters. The Morgan fingerprint density at radius 1 is 0.828 bits per heavy atom. The van der Waals surface area contributed by atoms with E-state index < -0.39 is 0 Å². The molecular weight excluding hydrogens is 362 g/mol. The van der Waals surface area contributed by atoms with Crippen molar-refractivity contribution in [3.8, 4) is 16.9 Å². The van der Waals surface area contributed by atoms with E-state index in [1.165, 1.54) is 0 Å². The zero-order valence-corrected chi connectivity index (χ0v) is 16.4. The van der Waals surface area contributed by atoms with Crippen molar-refractivity contribution in [1.29, 1.82) is 0 Å². The molecule has 1 amide bonds. The Kier molecular flexibility index (Phi) is 6.92. The van der Waals surface area contributed by atoms with E-state index in [0.29, 0.717) is 11.3 Å². The van der Waals surface area contributed by atoms with Crippen molar-refractivity contribution in [1.82, 2.24) is 9.78 Å². The highest BCUT2D eigenvalue weighted by Gasteiger charge is 2.18. The first-order chi connectivity index (χ1) is 14.2. The third kappa shape index (κ3) is 5.18. The van der Waals surface area contributed by atoms with E-state index in [2.05, 4.69) is 15.2 Å². The van der Waals surface area contributed by atoms with Gasteiger partial charge in [0.15, 0.2) is 0 Å². The van der Waals surface area contributed by atoms with E-state index >= 15 is 0 Å². The van der Waals surface area contributed by atoms with Crippen molar-refractivity contribution in [2.75, 3.05) is 19.5 Å². The number of benzene rings is 3. The van der Waals surface area contributed by atoms with Gasteiger partial charge in [0.25, 0.3) is 5.91 Å². The van der Waals surface area contributed by atoms with Crippen LogP contribution in [0.15, 0.2) is 97.2 Å². The summed E-state index contributed by atoms with van der Waals surface area (Å²) in [4.78, 5) is 12.9. The monoisotopic (exact) mass is 385 g/mol. The first-order valence-electron chi connectivity index (χ1n) is 9.20. The summed E-state index contributed by atoms with van der Waals surface area (Å²) in [6, 6.07) is 28.9. The SMILES string of the molecule is COC.O=C(Nc1ccccc1)c1cn(-c2ccccc2)nc1-c1ccccc1. The van der Waals surface area contributed by atoms with Crippen LogP contribution >= 0.6 is 0 Å². The van der Waals surface area contributed by atoms with Gasteiger partial charge in [0, 0.05) is 31.7 Å². The number of rotatable bonds is 4. The van der Waals surface area contributed by atoms with Gasteiger partial charge in [-0.15, -0.1) is 0 Å². The number of ether oxygens (including phenoxy) is 1. The normalized spacial score (nSPS) is 10.0. The number of anilines is 1. The maximum atomic E-state index is 12.9. The van der Waals surface area contributed by atoms with E-state index in [9.17, 15) is 4.79 Å². The number of methoxy groups -OCH3 is 1. The maximum absolute atomic E-state index is 12.9. The zero-order chi connectivity index (χ0) is 20.5. The Balaban J connectivity index is 0.000000755. The molecule has 0 spiro atoms. The van der Waals surface area contributed by atoms with E-state index in [4.69, 9.17) is 0 Å². The van der Waals surface area contributed by atoms with Gasteiger partial charge < -0.3 is 10.1 Å². The average molecular weight is 385 g/mol. The van der Waals surface area contributed by atoms with Crippen LogP contribution in [0.3, 0.4) is 0 Å². The highest BCUT2D eigenvalue weighted by molar-refractivity contribution is 6.08. The molecule has 5 heteroatoms. The van der Waals surface area contributed by atoms with Crippen LogP contribution in [-0.2, 0) is 4.74 Å². The molecule has 0 aliphatic heterocycles. The van der Waals surface area contributed by atoms with Crippen LogP contribution in [0.4, 0.5) is 5.69 Å². The second kappa shape index (κ2) is 10.0. The van der Waals surface area contributed by atoms with Gasteiger partial charge in [-0.25, -0.2) is 4.68 Å². The average Bonchev–Trinajstić information content (AvgIpc) is 3.22. The fourth-order valence-corrected chi connectivity index (χ4v) is 2.78. The van der Waals surface area contributed by atoms with Gasteiger partial charge in [0.1, 0.15) is 5.69 Å². The maximum Gasteiger partial charge on any atom is 0.259 e. The van der Waals surface area contributed by atoms with E-state index in [1.807, 2.05) is 91.0 Å². The number of para-hydroxylation sites is 2. The lowest BCUT2D eigenvalue weighted by atomic mass is 10.1. The Bertz CT molecular complexity index is 1030. The summed E-state index contributed by atoms with van der Waals surface area (Å²) in [6.07, 6.45) is 1.77. The molecule has 1 N–H and O–H groups in total. The molecule has 3 aromatic carbocycles. The molecule has 4 aromatic rings. The fraction of sp³-hybridized carbons (Fsp3) is 0.0833. The molecule has 0 aliphatic carbocycles. The van der Waals surface area contributed by atoms with Gasteiger partial charge in [0.2, 0.25) is 0 Å². The van der Waals surface area contributed by atoms with Gasteiger partial charge in [-0.05, 0) is 24.3 Å². The van der Waals surface area contributed by atoms with Crippen molar-refractivity contribution in [3.05, 3.63) is 103 Å². The van der Waals surface area contributed by atoms with E-state index in [0.717, 1.165) is 16.9 Å². The lowest BCUT2D eigenvalue weighted by Gasteiger charge is -2.05. The van der Waals surface area contributed by atoms with Crippen LogP contribution in [0.25, 0.3) is 16.9 Å². The summed E-state index contributed by atoms with van der Waals surface area (Å²) in [5.74, 6) is -0.183. The number of carbonyl (C=O) groups is 1. The lowest BCUT2D eigenvalue weighted by Crippen LogP contribution is -2.12. The molecule has 5 nitrogen and oxygen atoms in total. The van der Waals surface area contributed by atoms with Crippen molar-refractivity contribution in [2.45, 2.75) is 0 Å². The largest absolute Gasteiger partial charge is 0.388 e. The summed E-state index contributed by atoms with van der Waals surface area (Å²) in [7, 11) is 3.25. The third-order valence-electron chi connectivity index (χ3n) is 4.06. The number of aromatic nitrogens is 2. The molecule has 29 heavy (non-hydrogen) atoms. The Hall–Kier alpha value is -3.70. The van der Waals surface area contributed by atoms with E-state index in [1.54, 1.807) is 25.1 Å². The number of nitrogens with one attached hydrogen (secondary N) is 1. The van der Waals surface area contributed by atoms with Gasteiger partial charge in [-0.1, -0.05) is 66.7 Å². The standard InChI is InChI=1S/C22H17N3O.C2H6O/c26-22(23-18-12-6-2-7-13-18)20-16-25(19-14-8-3-9-15-19)24-21(20)17-10-4-1-5-11-17;1-3-2/h1-16H,(H,23,26);1-2H3. The van der Waals surface area contributed by atoms with Crippen molar-refractivity contribution >= 4 is 11.6 Å². The van der Waals surface area contributed by atoms with Gasteiger partial charge in [0.05, 0.1) is 11.3 Å². The second-order valence-electron chi connectivity index (χ2n) is 6.27. The molecule has 0 saturated carbocycles. The number of amides is 1. The van der Waals surface area contributed by atoms with Gasteiger partial charge in [-0.2, -0.15) is 5.10 Å². The molecule has 0 saturated heterocycles. The summed E-state index contributed by atoms with van der Waals surface area (Å²) in [5.41, 5.74) is 3.75. The summed E-state index contributed by atoms with van der Waals surface area (Å²) in [5, 5.41) is 7.61. The number of hydrogen-bond donors (Lipinski definition) is 1. The third-order valence-corrected chi connectivity index (χ3v) is 4.06. The van der Waals surface area contributed by atoms with Crippen LogP contribution in [0.1, 0.15) is 10.4 Å². The first-order valence-corrected chi connectivity index (χ1v) is 9.20. The van der Waals surface area contributed by atoms with Gasteiger partial charge in [-0.3, -0.25) is 4.79 Å². The molecule has 0 bridgehead atoms. The quantitative estimate of drug-likeness (QED) is 0.535. The van der Waals surface area contributed by atoms with Crippen LogP contribution < -0.4 is 5.32 Å². The van der Waals surface area contributed by atoms with Crippen molar-refractivity contribution in [3.63, 3.8) is 0 Å². The minimum absolute atomic E-state index is 0.183. The minimum Gasteiger partial charge on any atom is -0.388 e. The Labute approximate surface area is 170 Å². The van der Waals surface area contributed by atoms with Crippen LogP contribution in [0.5, 0.6) is 0 Å². The van der Waals surface area contributed by atoms with Crippen LogP contribution in [0, 0.1) is 0 Å². The molecule has 0 fully saturated rings. The fourth-order valence-electron chi connectivity index (χ4n) is 2.78. The minimum atomic E-state index is -0.183.